The molecular weight excluding hydrogens is 366 g/mol. The Morgan fingerprint density at radius 1 is 1.14 bits per heavy atom. The average Bonchev–Trinajstić information content (AvgIpc) is 2.62. The molecule has 4 N–H and O–H groups in total. The van der Waals surface area contributed by atoms with Crippen LogP contribution in [0.25, 0.3) is 21.8 Å². The Labute approximate surface area is 159 Å². The molecule has 4 rings (SSSR count). The van der Waals surface area contributed by atoms with E-state index in [1.165, 1.54) is 25.3 Å². The third-order valence-corrected chi connectivity index (χ3v) is 5.42. The number of phenols is 2. The number of aliphatic hydroxyl groups is 2. The van der Waals surface area contributed by atoms with E-state index in [1.807, 2.05) is 0 Å². The first-order valence-corrected chi connectivity index (χ1v) is 8.73. The highest BCUT2D eigenvalue weighted by molar-refractivity contribution is 6.01. The average molecular weight is 387 g/mol. The number of hydrogen-bond acceptors (Lipinski definition) is 7. The molecule has 0 saturated heterocycles. The highest BCUT2D eigenvalue weighted by Crippen LogP contribution is 2.47. The SMILES string of the molecule is COc1c(O)ccc2c(=O)c3c(O)cc4c(c3n(C)c12)C(O)C(O)C(C)(C)O4. The van der Waals surface area contributed by atoms with E-state index in [4.69, 9.17) is 9.47 Å². The van der Waals surface area contributed by atoms with Crippen molar-refractivity contribution < 1.29 is 29.9 Å². The fourth-order valence-corrected chi connectivity index (χ4v) is 4.00. The van der Waals surface area contributed by atoms with Gasteiger partial charge in [0.05, 0.1) is 34.5 Å². The molecule has 28 heavy (non-hydrogen) atoms. The van der Waals surface area contributed by atoms with E-state index in [0.29, 0.717) is 5.52 Å². The zero-order valence-electron chi connectivity index (χ0n) is 15.8. The number of aromatic nitrogens is 1. The van der Waals surface area contributed by atoms with E-state index in [-0.39, 0.29) is 44.9 Å². The summed E-state index contributed by atoms with van der Waals surface area (Å²) in [6.07, 6.45) is -2.61. The van der Waals surface area contributed by atoms with Crippen molar-refractivity contribution in [3.8, 4) is 23.0 Å². The smallest absolute Gasteiger partial charge is 0.201 e. The Bertz CT molecular complexity index is 1200. The monoisotopic (exact) mass is 387 g/mol. The van der Waals surface area contributed by atoms with E-state index in [2.05, 4.69) is 0 Å². The molecule has 148 valence electrons. The summed E-state index contributed by atoms with van der Waals surface area (Å²) >= 11 is 0. The first-order chi connectivity index (χ1) is 13.1. The molecule has 0 fully saturated rings. The lowest BCUT2D eigenvalue weighted by molar-refractivity contribution is -0.111. The van der Waals surface area contributed by atoms with Crippen LogP contribution in [0.3, 0.4) is 0 Å². The number of rotatable bonds is 1. The summed E-state index contributed by atoms with van der Waals surface area (Å²) in [7, 11) is 2.98. The van der Waals surface area contributed by atoms with Crippen molar-refractivity contribution in [2.45, 2.75) is 31.7 Å². The number of nitrogens with zero attached hydrogens (tertiary/aromatic N) is 1. The quantitative estimate of drug-likeness (QED) is 0.469. The van der Waals surface area contributed by atoms with Gasteiger partial charge in [-0.15, -0.1) is 0 Å². The lowest BCUT2D eigenvalue weighted by Crippen LogP contribution is -2.49. The summed E-state index contributed by atoms with van der Waals surface area (Å²) in [4.78, 5) is 13.1. The van der Waals surface area contributed by atoms with Gasteiger partial charge in [0, 0.05) is 13.1 Å². The minimum atomic E-state index is -1.35. The van der Waals surface area contributed by atoms with Crippen LogP contribution in [0.2, 0.25) is 0 Å². The van der Waals surface area contributed by atoms with Crippen LogP contribution in [0.1, 0.15) is 25.5 Å². The van der Waals surface area contributed by atoms with Crippen molar-refractivity contribution in [1.82, 2.24) is 4.57 Å². The summed E-state index contributed by atoms with van der Waals surface area (Å²) in [6, 6.07) is 4.06. The predicted octanol–water partition coefficient (Wildman–Crippen LogP) is 1.68. The molecule has 0 bridgehead atoms. The Morgan fingerprint density at radius 3 is 2.46 bits per heavy atom. The number of pyridine rings is 1. The second kappa shape index (κ2) is 5.76. The van der Waals surface area contributed by atoms with Crippen LogP contribution in [-0.4, -0.2) is 43.8 Å². The highest BCUT2D eigenvalue weighted by Gasteiger charge is 2.44. The Morgan fingerprint density at radius 2 is 1.82 bits per heavy atom. The fourth-order valence-electron chi connectivity index (χ4n) is 4.00. The molecule has 0 saturated carbocycles. The molecular formula is C20H21NO7. The van der Waals surface area contributed by atoms with Gasteiger partial charge in [-0.05, 0) is 26.0 Å². The summed E-state index contributed by atoms with van der Waals surface area (Å²) in [5, 5.41) is 42.3. The molecule has 1 aliphatic heterocycles. The number of fused-ring (bicyclic) bond motifs is 4. The Hall–Kier alpha value is -2.97. The second-order valence-electron chi connectivity index (χ2n) is 7.53. The number of benzene rings is 2. The van der Waals surface area contributed by atoms with Crippen LogP contribution < -0.4 is 14.9 Å². The predicted molar refractivity (Wildman–Crippen MR) is 102 cm³/mol. The van der Waals surface area contributed by atoms with Gasteiger partial charge in [0.25, 0.3) is 0 Å². The van der Waals surface area contributed by atoms with Gasteiger partial charge in [-0.1, -0.05) is 0 Å². The molecule has 1 aliphatic rings. The first-order valence-electron chi connectivity index (χ1n) is 8.73. The minimum Gasteiger partial charge on any atom is -0.507 e. The van der Waals surface area contributed by atoms with Crippen LogP contribution in [0.5, 0.6) is 23.0 Å². The van der Waals surface area contributed by atoms with Crippen LogP contribution in [-0.2, 0) is 7.05 Å². The summed E-state index contributed by atoms with van der Waals surface area (Å²) in [5.74, 6) is -0.205. The number of aryl methyl sites for hydroxylation is 1. The molecule has 0 radical (unpaired) electrons. The van der Waals surface area contributed by atoms with Crippen molar-refractivity contribution in [2.75, 3.05) is 7.11 Å². The number of aliphatic hydroxyl groups excluding tert-OH is 2. The Balaban J connectivity index is 2.27. The van der Waals surface area contributed by atoms with Crippen LogP contribution in [0.15, 0.2) is 23.0 Å². The summed E-state index contributed by atoms with van der Waals surface area (Å²) < 4.78 is 12.6. The number of methoxy groups -OCH3 is 1. The summed E-state index contributed by atoms with van der Waals surface area (Å²) in [5.41, 5.74) is -0.921. The number of phenolic OH excluding ortho intramolecular Hbond substituents is 2. The van der Waals surface area contributed by atoms with Crippen molar-refractivity contribution in [3.05, 3.63) is 34.0 Å². The zero-order valence-corrected chi connectivity index (χ0v) is 15.8. The standard InChI is InChI=1S/C20H21NO7/c1-20(2)19(26)17(25)13-11(28-20)7-10(23)12-15(13)21(3)14-8(16(12)24)5-6-9(22)18(14)27-4/h5-7,17,19,22-23,25-26H,1-4H3. The molecule has 0 spiro atoms. The van der Waals surface area contributed by atoms with E-state index in [9.17, 15) is 25.2 Å². The first kappa shape index (κ1) is 18.4. The van der Waals surface area contributed by atoms with Gasteiger partial charge in [0.1, 0.15) is 29.3 Å². The van der Waals surface area contributed by atoms with E-state index >= 15 is 0 Å². The highest BCUT2D eigenvalue weighted by atomic mass is 16.5. The third-order valence-electron chi connectivity index (χ3n) is 5.42. The van der Waals surface area contributed by atoms with Crippen molar-refractivity contribution >= 4 is 21.8 Å². The number of ether oxygens (including phenoxy) is 2. The molecule has 1 aromatic heterocycles. The van der Waals surface area contributed by atoms with Crippen molar-refractivity contribution in [2.24, 2.45) is 7.05 Å². The maximum absolute atomic E-state index is 13.1. The summed E-state index contributed by atoms with van der Waals surface area (Å²) in [6.45, 7) is 3.23. The van der Waals surface area contributed by atoms with Gasteiger partial charge >= 0.3 is 0 Å². The van der Waals surface area contributed by atoms with Gasteiger partial charge in [-0.2, -0.15) is 0 Å². The topological polar surface area (TPSA) is 121 Å². The van der Waals surface area contributed by atoms with Crippen molar-refractivity contribution in [3.63, 3.8) is 0 Å². The lowest BCUT2D eigenvalue weighted by Gasteiger charge is -2.40. The van der Waals surface area contributed by atoms with Crippen molar-refractivity contribution in [1.29, 1.82) is 0 Å². The van der Waals surface area contributed by atoms with Gasteiger partial charge in [-0.25, -0.2) is 0 Å². The van der Waals surface area contributed by atoms with Crippen LogP contribution in [0.4, 0.5) is 0 Å². The Kier molecular flexibility index (Phi) is 3.79. The molecule has 0 aliphatic carbocycles. The maximum Gasteiger partial charge on any atom is 0.201 e. The fraction of sp³-hybridized carbons (Fsp3) is 0.350. The molecule has 3 aromatic rings. The van der Waals surface area contributed by atoms with E-state index in [0.717, 1.165) is 0 Å². The molecule has 8 nitrogen and oxygen atoms in total. The molecule has 2 atom stereocenters. The van der Waals surface area contributed by atoms with Crippen LogP contribution >= 0.6 is 0 Å². The van der Waals surface area contributed by atoms with Gasteiger partial charge in [0.15, 0.2) is 11.5 Å². The van der Waals surface area contributed by atoms with Crippen LogP contribution in [0, 0.1) is 0 Å². The lowest BCUT2D eigenvalue weighted by atomic mass is 9.86. The van der Waals surface area contributed by atoms with Gasteiger partial charge in [-0.3, -0.25) is 4.79 Å². The number of aromatic hydroxyl groups is 2. The third kappa shape index (κ3) is 2.22. The molecule has 2 unspecified atom stereocenters. The minimum absolute atomic E-state index is 0.0175. The zero-order chi connectivity index (χ0) is 20.5. The second-order valence-corrected chi connectivity index (χ2v) is 7.53. The molecule has 0 amide bonds. The molecule has 8 heteroatoms. The normalized spacial score (nSPS) is 20.8. The van der Waals surface area contributed by atoms with E-state index in [1.54, 1.807) is 25.5 Å². The van der Waals surface area contributed by atoms with Gasteiger partial charge in [0.2, 0.25) is 5.43 Å². The molecule has 2 heterocycles. The van der Waals surface area contributed by atoms with Gasteiger partial charge < -0.3 is 34.5 Å². The number of hydrogen-bond donors (Lipinski definition) is 4. The molecule has 2 aromatic carbocycles. The van der Waals surface area contributed by atoms with E-state index < -0.39 is 23.2 Å². The maximum atomic E-state index is 13.1. The largest absolute Gasteiger partial charge is 0.507 e.